The highest BCUT2D eigenvalue weighted by atomic mass is 16.4. The molecule has 3 aromatic carbocycles. The van der Waals surface area contributed by atoms with E-state index in [1.54, 1.807) is 54.6 Å². The Bertz CT molecular complexity index is 1150. The van der Waals surface area contributed by atoms with Crippen molar-refractivity contribution in [2.24, 2.45) is 0 Å². The molecule has 3 amide bonds. The maximum absolute atomic E-state index is 12.5. The van der Waals surface area contributed by atoms with E-state index < -0.39 is 11.9 Å². The molecule has 0 unspecified atom stereocenters. The number of aromatic carboxylic acids is 1. The van der Waals surface area contributed by atoms with Crippen LogP contribution in [0.5, 0.6) is 0 Å². The summed E-state index contributed by atoms with van der Waals surface area (Å²) in [6.45, 7) is 0.0851. The predicted octanol–water partition coefficient (Wildman–Crippen LogP) is 2.10. The Morgan fingerprint density at radius 3 is 1.97 bits per heavy atom. The molecule has 0 spiro atoms. The van der Waals surface area contributed by atoms with E-state index in [1.165, 1.54) is 18.2 Å². The molecule has 0 saturated heterocycles. The smallest absolute Gasteiger partial charge is 0.261 e. The lowest BCUT2D eigenvalue weighted by Crippen LogP contribution is -2.29. The molecule has 0 bridgehead atoms. The van der Waals surface area contributed by atoms with Gasteiger partial charge in [-0.3, -0.25) is 19.3 Å². The second-order valence-electron chi connectivity index (χ2n) is 6.73. The van der Waals surface area contributed by atoms with E-state index in [9.17, 15) is 24.3 Å². The summed E-state index contributed by atoms with van der Waals surface area (Å²) < 4.78 is 0. The number of imide groups is 1. The van der Waals surface area contributed by atoms with E-state index >= 15 is 0 Å². The molecule has 0 aromatic heterocycles. The van der Waals surface area contributed by atoms with Gasteiger partial charge in [0.1, 0.15) is 0 Å². The topological polar surface area (TPSA) is 107 Å². The van der Waals surface area contributed by atoms with Crippen molar-refractivity contribution < 1.29 is 24.3 Å². The first kappa shape index (κ1) is 19.1. The van der Waals surface area contributed by atoms with Gasteiger partial charge in [0.2, 0.25) is 0 Å². The molecule has 1 aliphatic heterocycles. The summed E-state index contributed by atoms with van der Waals surface area (Å²) in [6, 6.07) is 19.0. The number of fused-ring (bicyclic) bond motifs is 1. The van der Waals surface area contributed by atoms with Gasteiger partial charge in [0, 0.05) is 11.1 Å². The summed E-state index contributed by atoms with van der Waals surface area (Å²) in [5.74, 6) is -2.58. The summed E-state index contributed by atoms with van der Waals surface area (Å²) in [5, 5.41) is 13.7. The van der Waals surface area contributed by atoms with E-state index in [2.05, 4.69) is 5.32 Å². The Kier molecular flexibility index (Phi) is 4.85. The SMILES string of the molecule is O=C(Nc1ccccc1C(=O)[O-])c1ccc(CN2C(=O)c3ccccc3C2=O)cc1. The molecule has 30 heavy (non-hydrogen) atoms. The Balaban J connectivity index is 1.48. The van der Waals surface area contributed by atoms with Gasteiger partial charge in [-0.1, -0.05) is 42.5 Å². The van der Waals surface area contributed by atoms with E-state index in [1.807, 2.05) is 0 Å². The third kappa shape index (κ3) is 3.44. The molecule has 7 heteroatoms. The average molecular weight is 399 g/mol. The summed E-state index contributed by atoms with van der Waals surface area (Å²) in [6.07, 6.45) is 0. The molecule has 0 atom stereocenters. The van der Waals surface area contributed by atoms with Crippen LogP contribution in [-0.4, -0.2) is 28.6 Å². The molecular weight excluding hydrogens is 384 g/mol. The number of nitrogens with one attached hydrogen (secondary N) is 1. The van der Waals surface area contributed by atoms with Crippen LogP contribution in [0.25, 0.3) is 0 Å². The Labute approximate surface area is 171 Å². The van der Waals surface area contributed by atoms with E-state index in [0.29, 0.717) is 22.3 Å². The Hall–Kier alpha value is -4.26. The van der Waals surface area contributed by atoms with Gasteiger partial charge in [-0.2, -0.15) is 0 Å². The lowest BCUT2D eigenvalue weighted by Gasteiger charge is -2.14. The number of carbonyl (C=O) groups is 4. The second kappa shape index (κ2) is 7.63. The molecule has 4 rings (SSSR count). The van der Waals surface area contributed by atoms with Gasteiger partial charge in [-0.25, -0.2) is 0 Å². The summed E-state index contributed by atoms with van der Waals surface area (Å²) in [5.41, 5.74) is 1.76. The number of carbonyl (C=O) groups excluding carboxylic acids is 4. The first-order valence-electron chi connectivity index (χ1n) is 9.11. The largest absolute Gasteiger partial charge is 0.545 e. The Morgan fingerprint density at radius 1 is 0.800 bits per heavy atom. The molecule has 0 radical (unpaired) electrons. The number of para-hydroxylation sites is 1. The molecule has 3 aromatic rings. The fourth-order valence-electron chi connectivity index (χ4n) is 3.29. The van der Waals surface area contributed by atoms with Gasteiger partial charge in [-0.15, -0.1) is 0 Å². The van der Waals surface area contributed by atoms with E-state index in [0.717, 1.165) is 4.90 Å². The van der Waals surface area contributed by atoms with Gasteiger partial charge < -0.3 is 15.2 Å². The lowest BCUT2D eigenvalue weighted by molar-refractivity contribution is -0.254. The summed E-state index contributed by atoms with van der Waals surface area (Å²) in [7, 11) is 0. The van der Waals surface area contributed by atoms with Crippen LogP contribution in [0, 0.1) is 0 Å². The molecule has 0 fully saturated rings. The minimum absolute atomic E-state index is 0.0851. The number of nitrogens with zero attached hydrogens (tertiary/aromatic N) is 1. The highest BCUT2D eigenvalue weighted by molar-refractivity contribution is 6.21. The molecule has 1 heterocycles. The fraction of sp³-hybridized carbons (Fsp3) is 0.0435. The van der Waals surface area contributed by atoms with Crippen LogP contribution < -0.4 is 10.4 Å². The van der Waals surface area contributed by atoms with Gasteiger partial charge >= 0.3 is 0 Å². The number of carboxylic acid groups (broad SMARTS) is 1. The van der Waals surface area contributed by atoms with Crippen molar-refractivity contribution in [1.82, 2.24) is 4.90 Å². The van der Waals surface area contributed by atoms with Crippen molar-refractivity contribution in [1.29, 1.82) is 0 Å². The van der Waals surface area contributed by atoms with Crippen molar-refractivity contribution in [2.45, 2.75) is 6.54 Å². The number of benzene rings is 3. The second-order valence-corrected chi connectivity index (χ2v) is 6.73. The average Bonchev–Trinajstić information content (AvgIpc) is 2.99. The standard InChI is InChI=1S/C23H16N2O5/c26-20(24-19-8-4-3-7-18(19)23(29)30)15-11-9-14(10-12-15)13-25-21(27)16-5-1-2-6-17(16)22(25)28/h1-12H,13H2,(H,24,26)(H,29,30)/p-1. The van der Waals surface area contributed by atoms with Crippen molar-refractivity contribution in [3.05, 3.63) is 101 Å². The first-order valence-corrected chi connectivity index (χ1v) is 9.11. The van der Waals surface area contributed by atoms with Crippen LogP contribution in [-0.2, 0) is 6.54 Å². The van der Waals surface area contributed by atoms with Crippen LogP contribution in [0.1, 0.15) is 47.0 Å². The molecule has 1 aliphatic rings. The van der Waals surface area contributed by atoms with Crippen molar-refractivity contribution >= 4 is 29.4 Å². The maximum Gasteiger partial charge on any atom is 0.261 e. The van der Waals surface area contributed by atoms with Crippen LogP contribution in [0.3, 0.4) is 0 Å². The minimum Gasteiger partial charge on any atom is -0.545 e. The fourth-order valence-corrected chi connectivity index (χ4v) is 3.29. The third-order valence-corrected chi connectivity index (χ3v) is 4.83. The van der Waals surface area contributed by atoms with Crippen LogP contribution in [0.15, 0.2) is 72.8 Å². The third-order valence-electron chi connectivity index (χ3n) is 4.83. The number of rotatable bonds is 5. The van der Waals surface area contributed by atoms with Gasteiger partial charge in [0.15, 0.2) is 0 Å². The predicted molar refractivity (Wildman–Crippen MR) is 106 cm³/mol. The first-order chi connectivity index (χ1) is 14.5. The van der Waals surface area contributed by atoms with E-state index in [4.69, 9.17) is 0 Å². The summed E-state index contributed by atoms with van der Waals surface area (Å²) in [4.78, 5) is 49.7. The normalized spacial score (nSPS) is 12.6. The van der Waals surface area contributed by atoms with Crippen molar-refractivity contribution in [2.75, 3.05) is 5.32 Å². The highest BCUT2D eigenvalue weighted by Crippen LogP contribution is 2.24. The molecule has 7 nitrogen and oxygen atoms in total. The van der Waals surface area contributed by atoms with Gasteiger partial charge in [-0.05, 0) is 35.9 Å². The van der Waals surface area contributed by atoms with Crippen LogP contribution >= 0.6 is 0 Å². The highest BCUT2D eigenvalue weighted by Gasteiger charge is 2.34. The number of hydrogen-bond acceptors (Lipinski definition) is 5. The van der Waals surface area contributed by atoms with Crippen molar-refractivity contribution in [3.63, 3.8) is 0 Å². The molecule has 1 N–H and O–H groups in total. The zero-order valence-electron chi connectivity index (χ0n) is 15.6. The van der Waals surface area contributed by atoms with Gasteiger partial charge in [0.25, 0.3) is 17.7 Å². The molecule has 148 valence electrons. The quantitative estimate of drug-likeness (QED) is 0.661. The minimum atomic E-state index is -1.39. The number of hydrogen-bond donors (Lipinski definition) is 1. The monoisotopic (exact) mass is 399 g/mol. The van der Waals surface area contributed by atoms with Crippen molar-refractivity contribution in [3.8, 4) is 0 Å². The zero-order chi connectivity index (χ0) is 21.3. The molecular formula is C23H15N2O5-. The van der Waals surface area contributed by atoms with Crippen LogP contribution in [0.4, 0.5) is 5.69 Å². The van der Waals surface area contributed by atoms with E-state index in [-0.39, 0.29) is 29.6 Å². The number of amides is 3. The Morgan fingerprint density at radius 2 is 1.37 bits per heavy atom. The van der Waals surface area contributed by atoms with Gasteiger partial charge in [0.05, 0.1) is 29.3 Å². The lowest BCUT2D eigenvalue weighted by atomic mass is 10.1. The molecule has 0 saturated carbocycles. The number of carboxylic acids is 1. The summed E-state index contributed by atoms with van der Waals surface area (Å²) >= 11 is 0. The molecule has 0 aliphatic carbocycles. The van der Waals surface area contributed by atoms with Crippen LogP contribution in [0.2, 0.25) is 0 Å². The number of anilines is 1. The zero-order valence-corrected chi connectivity index (χ0v) is 15.6. The maximum atomic E-state index is 12.5.